The van der Waals surface area contributed by atoms with Gasteiger partial charge in [-0.05, 0) is 54.6 Å². The summed E-state index contributed by atoms with van der Waals surface area (Å²) in [4.78, 5) is 11.6. The van der Waals surface area contributed by atoms with E-state index < -0.39 is 0 Å². The van der Waals surface area contributed by atoms with Crippen LogP contribution in [0.1, 0.15) is 0 Å². The van der Waals surface area contributed by atoms with Crippen molar-refractivity contribution in [3.8, 4) is 11.5 Å². The van der Waals surface area contributed by atoms with E-state index in [1.54, 1.807) is 12.4 Å². The molecule has 0 unspecified atom stereocenters. The largest absolute Gasteiger partial charge is 0.457 e. The molecule has 0 bridgehead atoms. The van der Waals surface area contributed by atoms with Crippen LogP contribution in [0.5, 0.6) is 11.5 Å². The number of rotatable bonds is 4. The molecule has 2 heterocycles. The standard InChI is InChI=1S/C18H13ClN4O/c19-12-1-6-16-17(11-12)23-18(22-16)21-13-2-4-14(5-3-13)24-15-7-9-20-10-8-15/h1-11H,(H2,21,22,23). The Hall–Kier alpha value is -3.05. The Bertz CT molecular complexity index is 967. The maximum atomic E-state index is 5.98. The molecule has 0 aliphatic carbocycles. The van der Waals surface area contributed by atoms with Crippen LogP contribution in [0.25, 0.3) is 11.0 Å². The van der Waals surface area contributed by atoms with Crippen molar-refractivity contribution in [2.45, 2.75) is 0 Å². The number of hydrogen-bond acceptors (Lipinski definition) is 4. The number of anilines is 2. The van der Waals surface area contributed by atoms with Gasteiger partial charge in [0.25, 0.3) is 0 Å². The number of nitrogens with one attached hydrogen (secondary N) is 2. The molecule has 0 radical (unpaired) electrons. The van der Waals surface area contributed by atoms with E-state index in [9.17, 15) is 0 Å². The van der Waals surface area contributed by atoms with Gasteiger partial charge in [0.1, 0.15) is 11.5 Å². The predicted octanol–water partition coefficient (Wildman–Crippen LogP) is 5.15. The molecule has 0 aliphatic heterocycles. The highest BCUT2D eigenvalue weighted by Gasteiger charge is 2.04. The van der Waals surface area contributed by atoms with E-state index in [0.29, 0.717) is 11.0 Å². The molecule has 0 saturated carbocycles. The fraction of sp³-hybridized carbons (Fsp3) is 0. The molecule has 4 rings (SSSR count). The van der Waals surface area contributed by atoms with Crippen LogP contribution in [0.3, 0.4) is 0 Å². The number of H-pyrrole nitrogens is 1. The van der Waals surface area contributed by atoms with Gasteiger partial charge in [-0.3, -0.25) is 4.98 Å². The summed E-state index contributed by atoms with van der Waals surface area (Å²) in [6.45, 7) is 0. The van der Waals surface area contributed by atoms with Gasteiger partial charge in [-0.15, -0.1) is 0 Å². The van der Waals surface area contributed by atoms with Crippen LogP contribution in [0.4, 0.5) is 11.6 Å². The second-order valence-corrected chi connectivity index (χ2v) is 5.62. The van der Waals surface area contributed by atoms with E-state index >= 15 is 0 Å². The van der Waals surface area contributed by atoms with E-state index in [4.69, 9.17) is 16.3 Å². The number of imidazole rings is 1. The molecule has 0 aliphatic rings. The van der Waals surface area contributed by atoms with Crippen LogP contribution < -0.4 is 10.1 Å². The van der Waals surface area contributed by atoms with Gasteiger partial charge in [0, 0.05) is 23.1 Å². The Morgan fingerprint density at radius 1 is 0.917 bits per heavy atom. The monoisotopic (exact) mass is 336 g/mol. The fourth-order valence-electron chi connectivity index (χ4n) is 2.32. The molecular formula is C18H13ClN4O. The molecule has 0 fully saturated rings. The van der Waals surface area contributed by atoms with Gasteiger partial charge in [-0.25, -0.2) is 4.98 Å². The number of ether oxygens (including phenoxy) is 1. The minimum absolute atomic E-state index is 0.662. The average molecular weight is 337 g/mol. The van der Waals surface area contributed by atoms with Gasteiger partial charge < -0.3 is 15.0 Å². The summed E-state index contributed by atoms with van der Waals surface area (Å²) in [6.07, 6.45) is 3.39. The zero-order chi connectivity index (χ0) is 16.4. The van der Waals surface area contributed by atoms with Crippen LogP contribution in [-0.2, 0) is 0 Å². The molecule has 2 aromatic carbocycles. The summed E-state index contributed by atoms with van der Waals surface area (Å²) in [5.41, 5.74) is 2.66. The molecule has 2 N–H and O–H groups in total. The molecule has 6 heteroatoms. The molecule has 118 valence electrons. The van der Waals surface area contributed by atoms with Gasteiger partial charge >= 0.3 is 0 Å². The Morgan fingerprint density at radius 3 is 2.46 bits per heavy atom. The second kappa shape index (κ2) is 6.22. The maximum Gasteiger partial charge on any atom is 0.205 e. The molecule has 0 amide bonds. The lowest BCUT2D eigenvalue weighted by molar-refractivity contribution is 0.482. The van der Waals surface area contributed by atoms with Crippen LogP contribution in [-0.4, -0.2) is 15.0 Å². The molecule has 0 atom stereocenters. The SMILES string of the molecule is Clc1ccc2[nH]c(Nc3ccc(Oc4ccncc4)cc3)nc2c1. The minimum atomic E-state index is 0.662. The third-order valence-corrected chi connectivity index (χ3v) is 3.68. The summed E-state index contributed by atoms with van der Waals surface area (Å²) in [7, 11) is 0. The van der Waals surface area contributed by atoms with Gasteiger partial charge in [-0.1, -0.05) is 11.6 Å². The number of fused-ring (bicyclic) bond motifs is 1. The van der Waals surface area contributed by atoms with Crippen molar-refractivity contribution in [2.75, 3.05) is 5.32 Å². The number of hydrogen-bond donors (Lipinski definition) is 2. The van der Waals surface area contributed by atoms with Crippen molar-refractivity contribution in [3.05, 3.63) is 72.0 Å². The zero-order valence-electron chi connectivity index (χ0n) is 12.5. The van der Waals surface area contributed by atoms with E-state index in [-0.39, 0.29) is 0 Å². The summed E-state index contributed by atoms with van der Waals surface area (Å²) in [5, 5.41) is 3.89. The van der Waals surface area contributed by atoms with Crippen molar-refractivity contribution >= 4 is 34.3 Å². The normalized spacial score (nSPS) is 10.7. The Labute approximate surface area is 143 Å². The Balaban J connectivity index is 1.50. The maximum absolute atomic E-state index is 5.98. The van der Waals surface area contributed by atoms with Crippen molar-refractivity contribution in [1.29, 1.82) is 0 Å². The molecule has 0 spiro atoms. The molecule has 0 saturated heterocycles. The zero-order valence-corrected chi connectivity index (χ0v) is 13.3. The quantitative estimate of drug-likeness (QED) is 0.541. The third-order valence-electron chi connectivity index (χ3n) is 3.45. The van der Waals surface area contributed by atoms with Gasteiger partial charge in [0.2, 0.25) is 5.95 Å². The van der Waals surface area contributed by atoms with Crippen molar-refractivity contribution in [2.24, 2.45) is 0 Å². The van der Waals surface area contributed by atoms with Crippen molar-refractivity contribution < 1.29 is 4.74 Å². The lowest BCUT2D eigenvalue weighted by atomic mass is 10.3. The van der Waals surface area contributed by atoms with E-state index in [0.717, 1.165) is 28.2 Å². The molecular weight excluding hydrogens is 324 g/mol. The van der Waals surface area contributed by atoms with Crippen molar-refractivity contribution in [3.63, 3.8) is 0 Å². The van der Waals surface area contributed by atoms with E-state index in [2.05, 4.69) is 20.3 Å². The predicted molar refractivity (Wildman–Crippen MR) is 95.1 cm³/mol. The smallest absolute Gasteiger partial charge is 0.205 e. The first-order valence-corrected chi connectivity index (χ1v) is 7.74. The lowest BCUT2D eigenvalue weighted by Crippen LogP contribution is -1.92. The number of pyridine rings is 1. The second-order valence-electron chi connectivity index (χ2n) is 5.18. The van der Waals surface area contributed by atoms with Gasteiger partial charge in [0.15, 0.2) is 0 Å². The first-order valence-electron chi connectivity index (χ1n) is 7.36. The highest BCUT2D eigenvalue weighted by Crippen LogP contribution is 2.25. The minimum Gasteiger partial charge on any atom is -0.457 e. The number of benzene rings is 2. The van der Waals surface area contributed by atoms with Crippen molar-refractivity contribution in [1.82, 2.24) is 15.0 Å². The van der Waals surface area contributed by atoms with Crippen LogP contribution in [0.2, 0.25) is 5.02 Å². The van der Waals surface area contributed by atoms with Gasteiger partial charge in [-0.2, -0.15) is 0 Å². The molecule has 5 nitrogen and oxygen atoms in total. The number of aromatic nitrogens is 3. The fourth-order valence-corrected chi connectivity index (χ4v) is 2.49. The summed E-state index contributed by atoms with van der Waals surface area (Å²) >= 11 is 5.98. The Morgan fingerprint density at radius 2 is 1.67 bits per heavy atom. The van der Waals surface area contributed by atoms with Gasteiger partial charge in [0.05, 0.1) is 11.0 Å². The average Bonchev–Trinajstić information content (AvgIpc) is 2.99. The third kappa shape index (κ3) is 3.16. The Kier molecular flexibility index (Phi) is 3.76. The van der Waals surface area contributed by atoms with E-state index in [1.807, 2.05) is 54.6 Å². The first-order chi connectivity index (χ1) is 11.8. The van der Waals surface area contributed by atoms with Crippen LogP contribution in [0.15, 0.2) is 67.0 Å². The first kappa shape index (κ1) is 14.5. The number of aromatic amines is 1. The van der Waals surface area contributed by atoms with E-state index in [1.165, 1.54) is 0 Å². The number of halogens is 1. The molecule has 4 aromatic rings. The topological polar surface area (TPSA) is 62.8 Å². The summed E-state index contributed by atoms with van der Waals surface area (Å²) in [6, 6.07) is 16.8. The molecule has 24 heavy (non-hydrogen) atoms. The van der Waals surface area contributed by atoms with Crippen LogP contribution >= 0.6 is 11.6 Å². The summed E-state index contributed by atoms with van der Waals surface area (Å²) in [5.74, 6) is 2.16. The number of nitrogens with zero attached hydrogens (tertiary/aromatic N) is 2. The highest BCUT2D eigenvalue weighted by molar-refractivity contribution is 6.31. The van der Waals surface area contributed by atoms with Crippen LogP contribution in [0, 0.1) is 0 Å². The highest BCUT2D eigenvalue weighted by atomic mass is 35.5. The molecule has 2 aromatic heterocycles. The lowest BCUT2D eigenvalue weighted by Gasteiger charge is -2.07. The summed E-state index contributed by atoms with van der Waals surface area (Å²) < 4.78 is 5.74.